The van der Waals surface area contributed by atoms with Crippen molar-refractivity contribution in [3.05, 3.63) is 41.5 Å². The Morgan fingerprint density at radius 3 is 2.46 bits per heavy atom. The average Bonchev–Trinajstić information content (AvgIpc) is 3.38. The molecular weight excluding hydrogens is 660 g/mol. The van der Waals surface area contributed by atoms with Crippen LogP contribution in [0, 0.1) is 34.5 Å². The lowest BCUT2D eigenvalue weighted by Gasteiger charge is -2.60. The molecular formula is C42H60N2O8. The highest BCUT2D eigenvalue weighted by molar-refractivity contribution is 5.92. The number of aliphatic hydroxyl groups excluding tert-OH is 1. The number of rotatable bonds is 11. The molecule has 10 heteroatoms. The first kappa shape index (κ1) is 38.6. The number of esters is 1. The number of Topliss-reactive ketones (excluding diaryl/α,β-unsaturated/α-hetero) is 1. The van der Waals surface area contributed by atoms with E-state index in [9.17, 15) is 29.4 Å². The van der Waals surface area contributed by atoms with Gasteiger partial charge in [0.2, 0.25) is 11.7 Å². The Bertz CT molecular complexity index is 1580. The van der Waals surface area contributed by atoms with Gasteiger partial charge in [0.25, 0.3) is 0 Å². The molecule has 0 spiro atoms. The highest BCUT2D eigenvalue weighted by atomic mass is 16.5. The minimum Gasteiger partial charge on any atom is -0.497 e. The maximum Gasteiger partial charge on any atom is 0.306 e. The molecule has 10 atom stereocenters. The van der Waals surface area contributed by atoms with E-state index in [0.29, 0.717) is 31.3 Å². The van der Waals surface area contributed by atoms with Crippen molar-refractivity contribution in [2.75, 3.05) is 33.9 Å². The maximum atomic E-state index is 13.7. The zero-order chi connectivity index (χ0) is 37.6. The highest BCUT2D eigenvalue weighted by Gasteiger charge is 2.68. The third-order valence-corrected chi connectivity index (χ3v) is 14.9. The molecule has 0 aromatic heterocycles. The minimum absolute atomic E-state index is 0.0237. The first-order valence-corrected chi connectivity index (χ1v) is 19.5. The number of likely N-dealkylation sites (tertiary alicyclic amines) is 1. The quantitative estimate of drug-likeness (QED) is 0.272. The van der Waals surface area contributed by atoms with Crippen molar-refractivity contribution >= 4 is 23.4 Å². The molecule has 5 aliphatic rings. The maximum absolute atomic E-state index is 13.7. The third-order valence-electron chi connectivity index (χ3n) is 14.9. The number of ether oxygens (including phenoxy) is 2. The largest absolute Gasteiger partial charge is 0.497 e. The van der Waals surface area contributed by atoms with Crippen LogP contribution in [0.25, 0.3) is 0 Å². The van der Waals surface area contributed by atoms with Gasteiger partial charge in [0, 0.05) is 42.8 Å². The van der Waals surface area contributed by atoms with Gasteiger partial charge < -0.3 is 29.9 Å². The number of carbonyl (C=O) groups excluding carboxylic acids is 4. The van der Waals surface area contributed by atoms with Crippen molar-refractivity contribution in [1.29, 1.82) is 0 Å². The summed E-state index contributed by atoms with van der Waals surface area (Å²) in [5, 5.41) is 26.6. The van der Waals surface area contributed by atoms with Crippen LogP contribution in [0.3, 0.4) is 0 Å². The molecule has 0 bridgehead atoms. The number of fused-ring (bicyclic) bond motifs is 5. The van der Waals surface area contributed by atoms with Crippen molar-refractivity contribution in [2.24, 2.45) is 34.5 Å². The van der Waals surface area contributed by atoms with E-state index in [4.69, 9.17) is 9.47 Å². The number of carbonyl (C=O) groups is 4. The molecule has 3 N–H and O–H groups in total. The topological polar surface area (TPSA) is 142 Å². The highest BCUT2D eigenvalue weighted by Crippen LogP contribution is 2.67. The summed E-state index contributed by atoms with van der Waals surface area (Å²) in [7, 11) is 3.81. The Labute approximate surface area is 309 Å². The number of aliphatic hydroxyl groups is 2. The lowest BCUT2D eigenvalue weighted by Crippen LogP contribution is -2.62. The molecule has 1 amide bonds. The van der Waals surface area contributed by atoms with Gasteiger partial charge in [-0.05, 0) is 118 Å². The number of amides is 1. The SMILES string of the molecule is COc1ccc([C@]2(CCNC(=O)CCC(=O)OCC(=O)[C@@]3(O)CC[C@@H]4[C@@H]5CCC6=CC(=O)CC[C@]6(C)[C@@H]5[C@@H](O)C[C@@]43C)C[C@H](C)N(C)C[C@H]2C)cc1. The van der Waals surface area contributed by atoms with E-state index in [1.165, 1.54) is 5.56 Å². The Kier molecular flexibility index (Phi) is 10.9. The summed E-state index contributed by atoms with van der Waals surface area (Å²) in [6, 6.07) is 8.63. The van der Waals surface area contributed by atoms with Crippen LogP contribution in [0.4, 0.5) is 0 Å². The molecule has 1 aliphatic heterocycles. The summed E-state index contributed by atoms with van der Waals surface area (Å²) < 4.78 is 10.8. The summed E-state index contributed by atoms with van der Waals surface area (Å²) in [6.07, 6.45) is 6.56. The molecule has 286 valence electrons. The Morgan fingerprint density at radius 1 is 1.02 bits per heavy atom. The molecule has 0 radical (unpaired) electrons. The molecule has 1 aromatic carbocycles. The number of nitrogens with one attached hydrogen (secondary N) is 1. The first-order valence-electron chi connectivity index (χ1n) is 19.5. The second kappa shape index (κ2) is 14.6. The molecule has 1 aromatic rings. The van der Waals surface area contributed by atoms with Crippen LogP contribution in [0.1, 0.15) is 104 Å². The van der Waals surface area contributed by atoms with Crippen LogP contribution in [0.15, 0.2) is 35.9 Å². The number of allylic oxidation sites excluding steroid dienone is 1. The zero-order valence-electron chi connectivity index (χ0n) is 32.0. The standard InChI is InChI=1S/C42H60N2O8/c1-26-24-44(5)27(2)22-41(26,28-7-10-31(51-6)11-8-28)19-20-43-36(48)13-14-37(49)52-25-35(47)42(50)18-16-33-32-12-9-29-21-30(45)15-17-39(29,3)38(32)34(46)23-40(33,42)4/h7-8,10-11,21,26-27,32-34,38,46,50H,9,12-20,22-25H2,1-6H3,(H,43,48)/t26-,27+,32+,33-,34+,38+,39+,40+,41-,42+/m1/s1. The van der Waals surface area contributed by atoms with Gasteiger partial charge in [-0.3, -0.25) is 19.2 Å². The van der Waals surface area contributed by atoms with Crippen molar-refractivity contribution in [1.82, 2.24) is 10.2 Å². The Hall–Kier alpha value is -3.08. The Morgan fingerprint density at radius 2 is 1.75 bits per heavy atom. The van der Waals surface area contributed by atoms with Crippen molar-refractivity contribution in [3.63, 3.8) is 0 Å². The van der Waals surface area contributed by atoms with E-state index in [0.717, 1.165) is 50.0 Å². The molecule has 4 aliphatic carbocycles. The number of hydrogen-bond acceptors (Lipinski definition) is 9. The van der Waals surface area contributed by atoms with Gasteiger partial charge in [-0.2, -0.15) is 0 Å². The van der Waals surface area contributed by atoms with E-state index in [2.05, 4.69) is 50.2 Å². The fraction of sp³-hybridized carbons (Fsp3) is 0.714. The monoisotopic (exact) mass is 720 g/mol. The lowest BCUT2D eigenvalue weighted by atomic mass is 9.45. The molecule has 6 rings (SSSR count). The number of piperidine rings is 1. The first-order chi connectivity index (χ1) is 24.6. The van der Waals surface area contributed by atoms with Crippen LogP contribution in [-0.2, 0) is 29.3 Å². The third kappa shape index (κ3) is 6.66. The van der Waals surface area contributed by atoms with Gasteiger partial charge in [0.1, 0.15) is 11.4 Å². The number of hydrogen-bond donors (Lipinski definition) is 3. The van der Waals surface area contributed by atoms with Gasteiger partial charge in [-0.1, -0.05) is 38.5 Å². The van der Waals surface area contributed by atoms with Gasteiger partial charge in [0.15, 0.2) is 12.4 Å². The van der Waals surface area contributed by atoms with Crippen molar-refractivity contribution < 1.29 is 38.9 Å². The van der Waals surface area contributed by atoms with Crippen LogP contribution in [-0.4, -0.2) is 90.2 Å². The number of ketones is 2. The van der Waals surface area contributed by atoms with Gasteiger partial charge in [-0.15, -0.1) is 0 Å². The summed E-state index contributed by atoms with van der Waals surface area (Å²) >= 11 is 0. The number of benzene rings is 1. The summed E-state index contributed by atoms with van der Waals surface area (Å²) in [5.74, 6) is 0.00885. The second-order valence-electron chi connectivity index (χ2n) is 17.4. The van der Waals surface area contributed by atoms with Crippen LogP contribution in [0.2, 0.25) is 0 Å². The lowest BCUT2D eigenvalue weighted by molar-refractivity contribution is -0.184. The Balaban J connectivity index is 1.01. The van der Waals surface area contributed by atoms with Crippen molar-refractivity contribution in [3.8, 4) is 5.75 Å². The van der Waals surface area contributed by atoms with Gasteiger partial charge >= 0.3 is 5.97 Å². The molecule has 1 saturated heterocycles. The molecule has 4 fully saturated rings. The van der Waals surface area contributed by atoms with Crippen molar-refractivity contribution in [2.45, 2.75) is 121 Å². The van der Waals surface area contributed by atoms with Crippen LogP contribution in [0.5, 0.6) is 5.75 Å². The fourth-order valence-electron chi connectivity index (χ4n) is 11.7. The van der Waals surface area contributed by atoms with Gasteiger partial charge in [0.05, 0.1) is 19.6 Å². The molecule has 10 nitrogen and oxygen atoms in total. The normalized spacial score (nSPS) is 38.7. The average molecular weight is 721 g/mol. The molecule has 1 heterocycles. The number of methoxy groups -OCH3 is 1. The zero-order valence-corrected chi connectivity index (χ0v) is 32.0. The fourth-order valence-corrected chi connectivity index (χ4v) is 11.7. The summed E-state index contributed by atoms with van der Waals surface area (Å²) in [4.78, 5) is 53.9. The summed E-state index contributed by atoms with van der Waals surface area (Å²) in [5.41, 5.74) is -0.588. The molecule has 52 heavy (non-hydrogen) atoms. The van der Waals surface area contributed by atoms with E-state index in [1.807, 2.05) is 19.1 Å². The van der Waals surface area contributed by atoms with Gasteiger partial charge in [-0.25, -0.2) is 0 Å². The van der Waals surface area contributed by atoms with E-state index >= 15 is 0 Å². The minimum atomic E-state index is -1.72. The van der Waals surface area contributed by atoms with E-state index < -0.39 is 35.5 Å². The predicted octanol–water partition coefficient (Wildman–Crippen LogP) is 4.93. The molecule has 3 saturated carbocycles. The molecule has 0 unspecified atom stereocenters. The predicted molar refractivity (Wildman–Crippen MR) is 196 cm³/mol. The summed E-state index contributed by atoms with van der Waals surface area (Å²) in [6.45, 7) is 9.45. The van der Waals surface area contributed by atoms with E-state index in [-0.39, 0.29) is 66.0 Å². The number of nitrogens with zero attached hydrogens (tertiary/aromatic N) is 1. The van der Waals surface area contributed by atoms with Crippen LogP contribution >= 0.6 is 0 Å². The smallest absolute Gasteiger partial charge is 0.306 e. The second-order valence-corrected chi connectivity index (χ2v) is 17.4. The van der Waals surface area contributed by atoms with E-state index in [1.54, 1.807) is 13.2 Å². The van der Waals surface area contributed by atoms with Crippen LogP contribution < -0.4 is 10.1 Å².